The van der Waals surface area contributed by atoms with E-state index in [1.54, 1.807) is 0 Å². The number of halogens is 1. The van der Waals surface area contributed by atoms with E-state index < -0.39 is 0 Å². The fourth-order valence-corrected chi connectivity index (χ4v) is 12.3. The van der Waals surface area contributed by atoms with Crippen LogP contribution in [0.25, 0.3) is 121 Å². The van der Waals surface area contributed by atoms with Gasteiger partial charge in [0.1, 0.15) is 0 Å². The van der Waals surface area contributed by atoms with Crippen molar-refractivity contribution in [3.05, 3.63) is 191 Å². The van der Waals surface area contributed by atoms with Crippen molar-refractivity contribution in [3.8, 4) is 89.0 Å². The van der Waals surface area contributed by atoms with Crippen molar-refractivity contribution in [2.45, 2.75) is 98.3 Å². The molecule has 10 aromatic carbocycles. The molecule has 0 nitrogen and oxygen atoms in total. The molecule has 0 heterocycles. The third-order valence-electron chi connectivity index (χ3n) is 15.6. The van der Waals surface area contributed by atoms with Crippen LogP contribution < -0.4 is 0 Å². The Labute approximate surface area is 423 Å². The average Bonchev–Trinajstić information content (AvgIpc) is 3.84. The van der Waals surface area contributed by atoms with Crippen LogP contribution >= 0.6 is 15.9 Å². The van der Waals surface area contributed by atoms with Gasteiger partial charge in [-0.15, -0.1) is 0 Å². The van der Waals surface area contributed by atoms with Crippen LogP contribution in [0.2, 0.25) is 0 Å². The van der Waals surface area contributed by atoms with Crippen molar-refractivity contribution in [2.24, 2.45) is 0 Å². The lowest BCUT2D eigenvalue weighted by Crippen LogP contribution is -2.16. The second-order valence-electron chi connectivity index (χ2n) is 23.6. The summed E-state index contributed by atoms with van der Waals surface area (Å²) < 4.78 is 1.08. The summed E-state index contributed by atoms with van der Waals surface area (Å²) in [5.41, 5.74) is 26.3. The van der Waals surface area contributed by atoms with E-state index >= 15 is 0 Å². The third kappa shape index (κ3) is 6.82. The number of hydrogen-bond donors (Lipinski definition) is 0. The minimum atomic E-state index is -0.0427. The predicted octanol–water partition coefficient (Wildman–Crippen LogP) is 20.9. The van der Waals surface area contributed by atoms with Crippen LogP contribution in [0.1, 0.15) is 104 Å². The van der Waals surface area contributed by atoms with Gasteiger partial charge < -0.3 is 0 Å². The minimum Gasteiger partial charge on any atom is -0.0622 e. The molecule has 0 fully saturated rings. The summed E-state index contributed by atoms with van der Waals surface area (Å²) in [6.07, 6.45) is 0. The monoisotopic (exact) mass is 968 g/mol. The molecule has 0 saturated heterocycles. The van der Waals surface area contributed by atoms with Gasteiger partial charge in [-0.3, -0.25) is 0 Å². The molecule has 2 aliphatic rings. The number of benzene rings is 10. The molecule has 0 N–H and O–H groups in total. The summed E-state index contributed by atoms with van der Waals surface area (Å²) in [6.45, 7) is 25.9. The van der Waals surface area contributed by atoms with E-state index in [1.165, 1.54) is 144 Å². The van der Waals surface area contributed by atoms with Gasteiger partial charge in [0.25, 0.3) is 0 Å². The highest BCUT2D eigenvalue weighted by Crippen LogP contribution is 2.65. The van der Waals surface area contributed by atoms with E-state index in [2.05, 4.69) is 256 Å². The van der Waals surface area contributed by atoms with Crippen LogP contribution in [-0.4, -0.2) is 0 Å². The van der Waals surface area contributed by atoms with Crippen molar-refractivity contribution in [1.82, 2.24) is 0 Å². The van der Waals surface area contributed by atoms with Gasteiger partial charge in [-0.05, 0) is 178 Å². The molecule has 0 atom stereocenters. The number of rotatable bonds is 5. The largest absolute Gasteiger partial charge is 0.0622 e. The first-order valence-corrected chi connectivity index (χ1v) is 26.1. The van der Waals surface area contributed by atoms with Crippen molar-refractivity contribution in [2.75, 3.05) is 0 Å². The SMILES string of the molecule is CC(C)c1cc(-c2c3c(c(-c4cc(C(C)(C)C)cc(C(C)(C)C)c4)c4ccccc24)-c2ccc4c5c(ccc-3c25)-c2c-4c(-c3ccccc3)c3cc(Br)ccc3c2-c2ccccc2)cc(C(C)(C)C)c1. The summed E-state index contributed by atoms with van der Waals surface area (Å²) in [5, 5.41) is 7.84. The lowest BCUT2D eigenvalue weighted by molar-refractivity contribution is 0.569. The van der Waals surface area contributed by atoms with Gasteiger partial charge in [-0.2, -0.15) is 0 Å². The Morgan fingerprint density at radius 1 is 0.314 bits per heavy atom. The lowest BCUT2D eigenvalue weighted by atomic mass is 9.76. The first-order valence-electron chi connectivity index (χ1n) is 25.3. The molecule has 0 aliphatic heterocycles. The van der Waals surface area contributed by atoms with Crippen molar-refractivity contribution < 1.29 is 0 Å². The summed E-state index contributed by atoms with van der Waals surface area (Å²) in [4.78, 5) is 0. The Balaban J connectivity index is 1.28. The zero-order chi connectivity index (χ0) is 48.8. The Morgan fingerprint density at radius 3 is 1.09 bits per heavy atom. The Morgan fingerprint density at radius 2 is 0.671 bits per heavy atom. The van der Waals surface area contributed by atoms with Gasteiger partial charge in [-0.25, -0.2) is 0 Å². The van der Waals surface area contributed by atoms with Gasteiger partial charge in [0.2, 0.25) is 0 Å². The van der Waals surface area contributed by atoms with Gasteiger partial charge in [0.05, 0.1) is 0 Å². The maximum Gasteiger partial charge on any atom is 0.0181 e. The maximum absolute atomic E-state index is 3.93. The molecule has 0 amide bonds. The van der Waals surface area contributed by atoms with E-state index in [0.29, 0.717) is 5.92 Å². The normalized spacial score (nSPS) is 13.0. The highest BCUT2D eigenvalue weighted by atomic mass is 79.9. The highest BCUT2D eigenvalue weighted by molar-refractivity contribution is 9.10. The van der Waals surface area contributed by atoms with Crippen LogP contribution in [0, 0.1) is 0 Å². The molecule has 0 bridgehead atoms. The maximum atomic E-state index is 3.93. The second kappa shape index (κ2) is 15.7. The zero-order valence-electron chi connectivity index (χ0n) is 42.5. The van der Waals surface area contributed by atoms with Crippen LogP contribution in [0.4, 0.5) is 0 Å². The van der Waals surface area contributed by atoms with Crippen LogP contribution in [0.5, 0.6) is 0 Å². The molecule has 344 valence electrons. The molecule has 1 heteroatoms. The van der Waals surface area contributed by atoms with Crippen molar-refractivity contribution in [1.29, 1.82) is 0 Å². The van der Waals surface area contributed by atoms with Gasteiger partial charge >= 0.3 is 0 Å². The fraction of sp³-hybridized carbons (Fsp3) is 0.217. The molecule has 0 saturated carbocycles. The highest BCUT2D eigenvalue weighted by Gasteiger charge is 2.38. The first-order chi connectivity index (χ1) is 33.4. The minimum absolute atomic E-state index is 0.0291. The predicted molar refractivity (Wildman–Crippen MR) is 307 cm³/mol. The fourth-order valence-electron chi connectivity index (χ4n) is 11.9. The third-order valence-corrected chi connectivity index (χ3v) is 16.1. The number of hydrogen-bond acceptors (Lipinski definition) is 0. The second-order valence-corrected chi connectivity index (χ2v) is 24.5. The molecule has 0 radical (unpaired) electrons. The van der Waals surface area contributed by atoms with Crippen LogP contribution in [-0.2, 0) is 16.2 Å². The molecule has 12 rings (SSSR count). The van der Waals surface area contributed by atoms with Gasteiger partial charge in [0, 0.05) is 4.47 Å². The summed E-state index contributed by atoms with van der Waals surface area (Å²) in [5.74, 6) is 0.378. The zero-order valence-corrected chi connectivity index (χ0v) is 44.1. The van der Waals surface area contributed by atoms with Crippen LogP contribution in [0.15, 0.2) is 168 Å². The van der Waals surface area contributed by atoms with Gasteiger partial charge in [-0.1, -0.05) is 244 Å². The molecule has 2 aliphatic carbocycles. The summed E-state index contributed by atoms with van der Waals surface area (Å²) >= 11 is 3.93. The molecule has 0 unspecified atom stereocenters. The van der Waals surface area contributed by atoms with Gasteiger partial charge in [0.15, 0.2) is 0 Å². The summed E-state index contributed by atoms with van der Waals surface area (Å²) in [6, 6.07) is 63.4. The molecule has 0 spiro atoms. The standard InChI is InChI=1S/C69H61Br/c1-39(2)42-32-43(34-45(33-42)67(3,4)5)59-49-24-18-19-25-50(49)60(44-35-46(68(6,7)8)37-47(36-44)69(9,10)11)66-55-31-29-53-61-52(28-30-54(62(55)61)65(59)66)63-57(40-20-14-12-15-21-40)51-27-26-48(70)38-56(51)58(64(53)63)41-22-16-13-17-23-41/h12-39H,1-11H3. The Hall–Kier alpha value is -6.54. The average molecular weight is 970 g/mol. The topological polar surface area (TPSA) is 0 Å². The lowest BCUT2D eigenvalue weighted by Gasteiger charge is -2.28. The quantitative estimate of drug-likeness (QED) is 0.161. The van der Waals surface area contributed by atoms with E-state index in [0.717, 1.165) is 4.47 Å². The van der Waals surface area contributed by atoms with Crippen LogP contribution in [0.3, 0.4) is 0 Å². The van der Waals surface area contributed by atoms with E-state index in [1.807, 2.05) is 0 Å². The molecular weight excluding hydrogens is 909 g/mol. The van der Waals surface area contributed by atoms with Crippen molar-refractivity contribution in [3.63, 3.8) is 0 Å². The molecular formula is C69H61Br. The molecule has 70 heavy (non-hydrogen) atoms. The smallest absolute Gasteiger partial charge is 0.0181 e. The van der Waals surface area contributed by atoms with Crippen molar-refractivity contribution >= 4 is 48.2 Å². The Bertz CT molecular complexity index is 3790. The summed E-state index contributed by atoms with van der Waals surface area (Å²) in [7, 11) is 0. The van der Waals surface area contributed by atoms with E-state index in [4.69, 9.17) is 0 Å². The van der Waals surface area contributed by atoms with E-state index in [9.17, 15) is 0 Å². The molecule has 0 aromatic heterocycles. The first kappa shape index (κ1) is 44.7. The molecule has 10 aromatic rings. The van der Waals surface area contributed by atoms with E-state index in [-0.39, 0.29) is 16.2 Å². The number of fused-ring (bicyclic) bond motifs is 8. The Kier molecular flexibility index (Phi) is 10.0.